The van der Waals surface area contributed by atoms with Crippen molar-refractivity contribution in [2.75, 3.05) is 18.5 Å². The predicted octanol–water partition coefficient (Wildman–Crippen LogP) is 4.01. The maximum atomic E-state index is 4.60. The Morgan fingerprint density at radius 1 is 1.30 bits per heavy atom. The molecular formula is C16H23N3S. The Morgan fingerprint density at radius 3 is 2.75 bits per heavy atom. The Hall–Kier alpha value is -1.39. The van der Waals surface area contributed by atoms with E-state index in [2.05, 4.69) is 66.6 Å². The molecule has 2 heterocycles. The number of hydrogen-bond donors (Lipinski definition) is 1. The van der Waals surface area contributed by atoms with E-state index < -0.39 is 0 Å². The summed E-state index contributed by atoms with van der Waals surface area (Å²) in [6, 6.07) is 9.09. The average Bonchev–Trinajstić information content (AvgIpc) is 3.00. The highest BCUT2D eigenvalue weighted by atomic mass is 32.1. The fourth-order valence-corrected chi connectivity index (χ4v) is 3.19. The van der Waals surface area contributed by atoms with Crippen LogP contribution in [0.25, 0.3) is 0 Å². The quantitative estimate of drug-likeness (QED) is 0.871. The lowest BCUT2D eigenvalue weighted by Crippen LogP contribution is -2.26. The number of hydrogen-bond acceptors (Lipinski definition) is 4. The molecule has 20 heavy (non-hydrogen) atoms. The van der Waals surface area contributed by atoms with Gasteiger partial charge in [-0.25, -0.2) is 4.98 Å². The zero-order valence-corrected chi connectivity index (χ0v) is 13.4. The van der Waals surface area contributed by atoms with Crippen molar-refractivity contribution in [3.8, 4) is 0 Å². The first-order valence-corrected chi connectivity index (χ1v) is 7.97. The van der Waals surface area contributed by atoms with E-state index in [1.54, 1.807) is 11.3 Å². The van der Waals surface area contributed by atoms with Crippen LogP contribution in [0.2, 0.25) is 0 Å². The lowest BCUT2D eigenvalue weighted by atomic mass is 10.1. The molecule has 0 spiro atoms. The maximum absolute atomic E-state index is 4.60. The van der Waals surface area contributed by atoms with E-state index in [4.69, 9.17) is 0 Å². The second-order valence-corrected chi connectivity index (χ2v) is 5.98. The number of anilines is 1. The van der Waals surface area contributed by atoms with Crippen molar-refractivity contribution in [1.29, 1.82) is 0 Å². The van der Waals surface area contributed by atoms with E-state index >= 15 is 0 Å². The Morgan fingerprint density at radius 2 is 2.10 bits per heavy atom. The van der Waals surface area contributed by atoms with E-state index in [0.29, 0.717) is 12.1 Å². The molecular weight excluding hydrogens is 266 g/mol. The van der Waals surface area contributed by atoms with E-state index in [1.165, 1.54) is 10.4 Å². The van der Waals surface area contributed by atoms with Crippen LogP contribution in [0.15, 0.2) is 35.8 Å². The molecule has 0 fully saturated rings. The molecule has 3 nitrogen and oxygen atoms in total. The zero-order chi connectivity index (χ0) is 14.5. The first-order valence-electron chi connectivity index (χ1n) is 7.09. The molecule has 2 rings (SSSR count). The fraction of sp³-hybridized carbons (Fsp3) is 0.438. The third-order valence-corrected chi connectivity index (χ3v) is 4.71. The second-order valence-electron chi connectivity index (χ2n) is 5.00. The topological polar surface area (TPSA) is 28.2 Å². The molecule has 0 radical (unpaired) electrons. The van der Waals surface area contributed by atoms with Gasteiger partial charge in [-0.15, -0.1) is 11.3 Å². The molecule has 0 bridgehead atoms. The molecule has 0 saturated heterocycles. The molecule has 0 aliphatic heterocycles. The summed E-state index contributed by atoms with van der Waals surface area (Å²) in [6.07, 6.45) is 1.87. The number of aromatic nitrogens is 1. The van der Waals surface area contributed by atoms with Crippen molar-refractivity contribution in [1.82, 2.24) is 10.3 Å². The normalized spacial score (nSPS) is 14.0. The minimum absolute atomic E-state index is 0.307. The van der Waals surface area contributed by atoms with Gasteiger partial charge < -0.3 is 10.2 Å². The third kappa shape index (κ3) is 3.19. The Bertz CT molecular complexity index is 524. The van der Waals surface area contributed by atoms with Crippen LogP contribution >= 0.6 is 11.3 Å². The van der Waals surface area contributed by atoms with Gasteiger partial charge in [0.25, 0.3) is 0 Å². The third-order valence-electron chi connectivity index (χ3n) is 3.66. The molecule has 2 atom stereocenters. The molecule has 0 aliphatic carbocycles. The molecule has 0 saturated carbocycles. The van der Waals surface area contributed by atoms with Crippen molar-refractivity contribution in [2.24, 2.45) is 0 Å². The summed E-state index contributed by atoms with van der Waals surface area (Å²) < 4.78 is 0. The van der Waals surface area contributed by atoms with Gasteiger partial charge in [0, 0.05) is 29.7 Å². The van der Waals surface area contributed by atoms with Gasteiger partial charge in [0.1, 0.15) is 5.82 Å². The van der Waals surface area contributed by atoms with Gasteiger partial charge >= 0.3 is 0 Å². The Kier molecular flexibility index (Phi) is 5.15. The average molecular weight is 289 g/mol. The lowest BCUT2D eigenvalue weighted by molar-refractivity contribution is 0.591. The lowest BCUT2D eigenvalue weighted by Gasteiger charge is -2.28. The number of thiophene rings is 1. The number of nitrogens with zero attached hydrogens (tertiary/aromatic N) is 2. The smallest absolute Gasteiger partial charge is 0.133 e. The minimum atomic E-state index is 0.307. The molecule has 0 aliphatic rings. The van der Waals surface area contributed by atoms with Crippen molar-refractivity contribution >= 4 is 17.2 Å². The van der Waals surface area contributed by atoms with Crippen molar-refractivity contribution in [3.63, 3.8) is 0 Å². The zero-order valence-electron chi connectivity index (χ0n) is 12.6. The van der Waals surface area contributed by atoms with E-state index in [9.17, 15) is 0 Å². The molecule has 108 valence electrons. The van der Waals surface area contributed by atoms with Gasteiger partial charge in [-0.1, -0.05) is 19.1 Å². The van der Waals surface area contributed by atoms with Crippen LogP contribution in [-0.2, 0) is 0 Å². The van der Waals surface area contributed by atoms with E-state index in [1.807, 2.05) is 12.3 Å². The van der Waals surface area contributed by atoms with Crippen molar-refractivity contribution in [3.05, 3.63) is 46.3 Å². The molecule has 2 aromatic heterocycles. The van der Waals surface area contributed by atoms with Crippen LogP contribution in [0.1, 0.15) is 43.3 Å². The summed E-state index contributed by atoms with van der Waals surface area (Å²) in [6.45, 7) is 7.50. The van der Waals surface area contributed by atoms with E-state index in [0.717, 1.165) is 12.4 Å². The second kappa shape index (κ2) is 6.86. The summed E-state index contributed by atoms with van der Waals surface area (Å²) in [5.74, 6) is 1.06. The molecule has 0 amide bonds. The summed E-state index contributed by atoms with van der Waals surface area (Å²) in [4.78, 5) is 8.22. The number of nitrogens with one attached hydrogen (secondary N) is 1. The number of pyridine rings is 1. The highest BCUT2D eigenvalue weighted by Crippen LogP contribution is 2.31. The molecule has 2 unspecified atom stereocenters. The maximum Gasteiger partial charge on any atom is 0.133 e. The van der Waals surface area contributed by atoms with Gasteiger partial charge in [-0.3, -0.25) is 0 Å². The van der Waals surface area contributed by atoms with Gasteiger partial charge in [0.05, 0.1) is 6.04 Å². The van der Waals surface area contributed by atoms with Crippen LogP contribution in [-0.4, -0.2) is 18.6 Å². The highest BCUT2D eigenvalue weighted by molar-refractivity contribution is 7.10. The van der Waals surface area contributed by atoms with Gasteiger partial charge in [0.15, 0.2) is 0 Å². The largest absolute Gasteiger partial charge is 0.352 e. The van der Waals surface area contributed by atoms with Crippen LogP contribution in [0.4, 0.5) is 5.82 Å². The van der Waals surface area contributed by atoms with Crippen LogP contribution in [0.3, 0.4) is 0 Å². The molecule has 1 N–H and O–H groups in total. The van der Waals surface area contributed by atoms with Crippen molar-refractivity contribution in [2.45, 2.75) is 32.9 Å². The summed E-state index contributed by atoms with van der Waals surface area (Å²) in [5.41, 5.74) is 1.25. The first kappa shape index (κ1) is 15.0. The SMILES string of the molecule is CCNC(C)c1cccnc1N(C)C(C)c1cccs1. The van der Waals surface area contributed by atoms with Crippen LogP contribution < -0.4 is 10.2 Å². The monoisotopic (exact) mass is 289 g/mol. The Labute approximate surface area is 125 Å². The Balaban J connectivity index is 2.27. The van der Waals surface area contributed by atoms with Crippen LogP contribution in [0.5, 0.6) is 0 Å². The standard InChI is InChI=1S/C16H23N3S/c1-5-17-12(2)14-8-6-10-18-16(14)19(4)13(3)15-9-7-11-20-15/h6-13,17H,5H2,1-4H3. The summed E-state index contributed by atoms with van der Waals surface area (Å²) >= 11 is 1.79. The van der Waals surface area contributed by atoms with Gasteiger partial charge in [-0.05, 0) is 37.9 Å². The highest BCUT2D eigenvalue weighted by Gasteiger charge is 2.19. The first-order chi connectivity index (χ1) is 9.65. The molecule has 0 aromatic carbocycles. The molecule has 2 aromatic rings. The summed E-state index contributed by atoms with van der Waals surface area (Å²) in [7, 11) is 2.12. The van der Waals surface area contributed by atoms with Gasteiger partial charge in [-0.2, -0.15) is 0 Å². The predicted molar refractivity (Wildman–Crippen MR) is 87.5 cm³/mol. The number of rotatable bonds is 6. The van der Waals surface area contributed by atoms with E-state index in [-0.39, 0.29) is 0 Å². The summed E-state index contributed by atoms with van der Waals surface area (Å²) in [5, 5.41) is 5.59. The van der Waals surface area contributed by atoms with Crippen LogP contribution in [0, 0.1) is 0 Å². The van der Waals surface area contributed by atoms with Crippen molar-refractivity contribution < 1.29 is 0 Å². The minimum Gasteiger partial charge on any atom is -0.352 e. The fourth-order valence-electron chi connectivity index (χ4n) is 2.36. The van der Waals surface area contributed by atoms with Gasteiger partial charge in [0.2, 0.25) is 0 Å². The molecule has 4 heteroatoms.